The maximum atomic E-state index is 10.4. The minimum absolute atomic E-state index is 0.180. The summed E-state index contributed by atoms with van der Waals surface area (Å²) in [6.07, 6.45) is 0. The molecule has 1 fully saturated rings. The molecule has 0 spiro atoms. The van der Waals surface area contributed by atoms with Gasteiger partial charge in [0.25, 0.3) is 0 Å². The lowest BCUT2D eigenvalue weighted by atomic mass is 10.7. The molecule has 9 heavy (non-hydrogen) atoms. The summed E-state index contributed by atoms with van der Waals surface area (Å²) >= 11 is 0. The van der Waals surface area contributed by atoms with Gasteiger partial charge in [-0.1, -0.05) is 0 Å². The fraction of sp³-hybridized carbons (Fsp3) is 0.667. The first-order valence-corrected chi connectivity index (χ1v) is 2.24. The highest BCUT2D eigenvalue weighted by molar-refractivity contribution is 5.77. The quantitative estimate of drug-likeness (QED) is 0.338. The van der Waals surface area contributed by atoms with E-state index in [2.05, 4.69) is 4.74 Å². The van der Waals surface area contributed by atoms with Crippen molar-refractivity contribution >= 4 is 5.91 Å². The van der Waals surface area contributed by atoms with Crippen LogP contribution in [0.4, 0.5) is 0 Å². The number of rotatable bonds is 1. The van der Waals surface area contributed by atoms with Crippen molar-refractivity contribution in [3.63, 3.8) is 0 Å². The molecule has 1 rings (SSSR count). The lowest BCUT2D eigenvalue weighted by Gasteiger charge is -1.97. The first kappa shape index (κ1) is 5.96. The molecule has 0 unspecified atom stereocenters. The molecule has 1 amide bonds. The third-order valence-electron chi connectivity index (χ3n) is 0.924. The third kappa shape index (κ3) is 0.968. The van der Waals surface area contributed by atoms with Crippen molar-refractivity contribution in [3.8, 4) is 0 Å². The minimum atomic E-state index is -0.782. The Morgan fingerprint density at radius 3 is 2.67 bits per heavy atom. The molecule has 1 heterocycles. The average molecular weight is 132 g/mol. The van der Waals surface area contributed by atoms with Crippen LogP contribution in [-0.4, -0.2) is 29.3 Å². The van der Waals surface area contributed by atoms with Gasteiger partial charge >= 0.3 is 5.91 Å². The summed E-state index contributed by atoms with van der Waals surface area (Å²) in [5, 5.41) is 9.49. The van der Waals surface area contributed by atoms with Gasteiger partial charge in [-0.15, -0.1) is 0 Å². The maximum absolute atomic E-state index is 10.4. The minimum Gasteiger partial charge on any atom is -0.345 e. The van der Waals surface area contributed by atoms with E-state index in [9.17, 15) is 14.9 Å². The third-order valence-corrected chi connectivity index (χ3v) is 0.924. The van der Waals surface area contributed by atoms with Gasteiger partial charge in [0.15, 0.2) is 11.8 Å². The number of nitro groups is 1. The van der Waals surface area contributed by atoms with Crippen molar-refractivity contribution in [1.82, 2.24) is 5.01 Å². The molecule has 0 aromatic heterocycles. The van der Waals surface area contributed by atoms with E-state index in [0.717, 1.165) is 0 Å². The molecule has 0 aromatic rings. The van der Waals surface area contributed by atoms with Gasteiger partial charge in [-0.2, -0.15) is 0 Å². The molecular formula is C3H4N2O4. The van der Waals surface area contributed by atoms with E-state index >= 15 is 0 Å². The zero-order chi connectivity index (χ0) is 6.85. The molecule has 6 heteroatoms. The summed E-state index contributed by atoms with van der Waals surface area (Å²) in [7, 11) is 0. The molecule has 6 nitrogen and oxygen atoms in total. The molecule has 1 aliphatic rings. The summed E-state index contributed by atoms with van der Waals surface area (Å²) in [6.45, 7) is -0.410. The van der Waals surface area contributed by atoms with Gasteiger partial charge in [0.05, 0.1) is 0 Å². The van der Waals surface area contributed by atoms with Gasteiger partial charge in [0.2, 0.25) is 0 Å². The maximum Gasteiger partial charge on any atom is 0.311 e. The summed E-state index contributed by atoms with van der Waals surface area (Å²) in [4.78, 5) is 20.2. The Morgan fingerprint density at radius 1 is 1.78 bits per heavy atom. The van der Waals surface area contributed by atoms with Crippen LogP contribution in [0.3, 0.4) is 0 Å². The fourth-order valence-electron chi connectivity index (χ4n) is 0.504. The smallest absolute Gasteiger partial charge is 0.311 e. The molecule has 0 atom stereocenters. The molecule has 1 aliphatic heterocycles. The second-order valence-corrected chi connectivity index (χ2v) is 1.51. The van der Waals surface area contributed by atoms with E-state index in [4.69, 9.17) is 0 Å². The zero-order valence-corrected chi connectivity index (χ0v) is 4.44. The number of amides is 1. The number of carbonyl (C=O) groups is 1. The van der Waals surface area contributed by atoms with E-state index in [0.29, 0.717) is 5.01 Å². The first-order valence-electron chi connectivity index (χ1n) is 2.24. The molecule has 50 valence electrons. The van der Waals surface area contributed by atoms with E-state index in [1.54, 1.807) is 0 Å². The van der Waals surface area contributed by atoms with Crippen LogP contribution >= 0.6 is 0 Å². The summed E-state index contributed by atoms with van der Waals surface area (Å²) in [5.41, 5.74) is 0. The Hall–Kier alpha value is -1.17. The Bertz CT molecular complexity index is 156. The van der Waals surface area contributed by atoms with Gasteiger partial charge in [0.1, 0.15) is 6.61 Å². The van der Waals surface area contributed by atoms with Gasteiger partial charge < -0.3 is 4.74 Å². The molecule has 0 bridgehead atoms. The Balaban J connectivity index is 2.60. The van der Waals surface area contributed by atoms with Crippen LogP contribution in [0.2, 0.25) is 0 Å². The van der Waals surface area contributed by atoms with Crippen molar-refractivity contribution in [1.29, 1.82) is 0 Å². The number of hydrogen-bond donors (Lipinski definition) is 0. The van der Waals surface area contributed by atoms with E-state index in [1.807, 2.05) is 0 Å². The predicted molar refractivity (Wildman–Crippen MR) is 24.7 cm³/mol. The monoisotopic (exact) mass is 132 g/mol. The Kier molecular flexibility index (Phi) is 1.31. The SMILES string of the molecule is O=C1COCN1[N+](=O)[O-]. The van der Waals surface area contributed by atoms with Crippen LogP contribution in [0.15, 0.2) is 0 Å². The van der Waals surface area contributed by atoms with Crippen molar-refractivity contribution < 1.29 is 14.6 Å². The summed E-state index contributed by atoms with van der Waals surface area (Å²) in [5.74, 6) is -0.597. The average Bonchev–Trinajstić information content (AvgIpc) is 2.13. The molecule has 0 radical (unpaired) electrons. The van der Waals surface area contributed by atoms with E-state index < -0.39 is 10.9 Å². The van der Waals surface area contributed by atoms with Crippen molar-refractivity contribution in [2.45, 2.75) is 0 Å². The Labute approximate surface area is 50.1 Å². The molecular weight excluding hydrogens is 128 g/mol. The van der Waals surface area contributed by atoms with Crippen LogP contribution in [0.1, 0.15) is 0 Å². The van der Waals surface area contributed by atoms with Crippen LogP contribution in [0, 0.1) is 10.1 Å². The molecule has 0 N–H and O–H groups in total. The molecule has 0 aromatic carbocycles. The van der Waals surface area contributed by atoms with Gasteiger partial charge in [-0.3, -0.25) is 4.79 Å². The van der Waals surface area contributed by atoms with Crippen molar-refractivity contribution in [3.05, 3.63) is 10.1 Å². The molecule has 0 aliphatic carbocycles. The second-order valence-electron chi connectivity index (χ2n) is 1.51. The summed E-state index contributed by atoms with van der Waals surface area (Å²) < 4.78 is 4.47. The van der Waals surface area contributed by atoms with Crippen LogP contribution in [0.5, 0.6) is 0 Å². The zero-order valence-electron chi connectivity index (χ0n) is 4.44. The number of carbonyl (C=O) groups excluding carboxylic acids is 1. The summed E-state index contributed by atoms with van der Waals surface area (Å²) in [6, 6.07) is 0. The van der Waals surface area contributed by atoms with Gasteiger partial charge in [-0.05, 0) is 5.01 Å². The second kappa shape index (κ2) is 1.98. The van der Waals surface area contributed by atoms with E-state index in [-0.39, 0.29) is 13.3 Å². The fourth-order valence-corrected chi connectivity index (χ4v) is 0.504. The van der Waals surface area contributed by atoms with Crippen molar-refractivity contribution in [2.24, 2.45) is 0 Å². The predicted octanol–water partition coefficient (Wildman–Crippen LogP) is -1.01. The normalized spacial score (nSPS) is 18.7. The highest BCUT2D eigenvalue weighted by Crippen LogP contribution is 1.99. The number of nitrogens with zero attached hydrogens (tertiary/aromatic N) is 2. The van der Waals surface area contributed by atoms with Crippen LogP contribution < -0.4 is 0 Å². The van der Waals surface area contributed by atoms with Gasteiger partial charge in [-0.25, -0.2) is 10.1 Å². The number of ether oxygens (including phenoxy) is 1. The number of hydrogen-bond acceptors (Lipinski definition) is 4. The number of hydrazine groups is 1. The molecule has 0 saturated carbocycles. The highest BCUT2D eigenvalue weighted by atomic mass is 16.7. The lowest BCUT2D eigenvalue weighted by Crippen LogP contribution is -2.31. The first-order chi connectivity index (χ1) is 4.22. The van der Waals surface area contributed by atoms with E-state index in [1.165, 1.54) is 0 Å². The molecule has 1 saturated heterocycles. The van der Waals surface area contributed by atoms with Gasteiger partial charge in [0, 0.05) is 0 Å². The Morgan fingerprint density at radius 2 is 2.44 bits per heavy atom. The van der Waals surface area contributed by atoms with Crippen molar-refractivity contribution in [2.75, 3.05) is 13.3 Å². The largest absolute Gasteiger partial charge is 0.345 e. The lowest BCUT2D eigenvalue weighted by molar-refractivity contribution is -0.636. The standard InChI is InChI=1S/C3H4N2O4/c6-3-1-9-2-4(3)5(7)8/h1-2H2. The van der Waals surface area contributed by atoms with Crippen LogP contribution in [0.25, 0.3) is 0 Å². The van der Waals surface area contributed by atoms with Crippen LogP contribution in [-0.2, 0) is 9.53 Å². The topological polar surface area (TPSA) is 72.7 Å². The highest BCUT2D eigenvalue weighted by Gasteiger charge is 2.30.